The van der Waals surface area contributed by atoms with Gasteiger partial charge in [-0.2, -0.15) is 0 Å². The highest BCUT2D eigenvalue weighted by molar-refractivity contribution is 9.10. The predicted molar refractivity (Wildman–Crippen MR) is 82.4 cm³/mol. The van der Waals surface area contributed by atoms with E-state index in [1.165, 1.54) is 19.3 Å². The van der Waals surface area contributed by atoms with E-state index in [4.69, 9.17) is 0 Å². The number of hydrogen-bond donors (Lipinski definition) is 1. The number of halogens is 1. The van der Waals surface area contributed by atoms with Gasteiger partial charge in [0.05, 0.1) is 5.56 Å². The van der Waals surface area contributed by atoms with E-state index in [-0.39, 0.29) is 5.91 Å². The smallest absolute Gasteiger partial charge is 0.252 e. The van der Waals surface area contributed by atoms with Gasteiger partial charge in [0, 0.05) is 10.5 Å². The van der Waals surface area contributed by atoms with Crippen LogP contribution in [0.15, 0.2) is 22.7 Å². The molecule has 0 saturated heterocycles. The van der Waals surface area contributed by atoms with E-state index in [0.29, 0.717) is 12.0 Å². The Morgan fingerprint density at radius 1 is 1.37 bits per heavy atom. The third-order valence-corrected chi connectivity index (χ3v) is 5.24. The Labute approximate surface area is 124 Å². The van der Waals surface area contributed by atoms with Gasteiger partial charge >= 0.3 is 0 Å². The van der Waals surface area contributed by atoms with Crippen molar-refractivity contribution in [3.8, 4) is 0 Å². The number of rotatable bonds is 3. The molecule has 1 N–H and O–H groups in total. The summed E-state index contributed by atoms with van der Waals surface area (Å²) in [6.45, 7) is 4.23. The Morgan fingerprint density at radius 3 is 2.84 bits per heavy atom. The third-order valence-electron chi connectivity index (χ3n) is 4.19. The summed E-state index contributed by atoms with van der Waals surface area (Å²) < 4.78 is 0.913. The number of aryl methyl sites for hydroxylation is 1. The zero-order valence-electron chi connectivity index (χ0n) is 11.7. The summed E-state index contributed by atoms with van der Waals surface area (Å²) in [6, 6.07) is 6.18. The minimum Gasteiger partial charge on any atom is -0.349 e. The summed E-state index contributed by atoms with van der Waals surface area (Å²) in [7, 11) is 0. The molecule has 0 bridgehead atoms. The lowest BCUT2D eigenvalue weighted by molar-refractivity contribution is 0.0904. The molecule has 2 rings (SSSR count). The molecule has 1 aliphatic carbocycles. The molecule has 1 aromatic carbocycles. The monoisotopic (exact) mass is 323 g/mol. The van der Waals surface area contributed by atoms with Crippen LogP contribution >= 0.6 is 15.9 Å². The van der Waals surface area contributed by atoms with Crippen LogP contribution < -0.4 is 5.32 Å². The summed E-state index contributed by atoms with van der Waals surface area (Å²) in [6.07, 6.45) is 6.06. The molecule has 0 heterocycles. The first-order valence-corrected chi connectivity index (χ1v) is 7.98. The van der Waals surface area contributed by atoms with Crippen molar-refractivity contribution in [2.45, 2.75) is 52.0 Å². The molecular weight excluding hydrogens is 302 g/mol. The number of hydrogen-bond acceptors (Lipinski definition) is 1. The molecule has 2 nitrogen and oxygen atoms in total. The van der Waals surface area contributed by atoms with E-state index in [9.17, 15) is 4.79 Å². The first-order valence-electron chi connectivity index (χ1n) is 7.19. The van der Waals surface area contributed by atoms with Crippen LogP contribution in [0.2, 0.25) is 0 Å². The van der Waals surface area contributed by atoms with Crippen LogP contribution in [0.3, 0.4) is 0 Å². The average Bonchev–Trinajstić information content (AvgIpc) is 2.42. The van der Waals surface area contributed by atoms with Crippen LogP contribution in [-0.4, -0.2) is 11.9 Å². The second kappa shape index (κ2) is 6.56. The Morgan fingerprint density at radius 2 is 2.11 bits per heavy atom. The molecule has 0 radical (unpaired) electrons. The van der Waals surface area contributed by atoms with Gasteiger partial charge in [0.15, 0.2) is 0 Å². The number of nitrogens with one attached hydrogen (secondary N) is 1. The Kier molecular flexibility index (Phi) is 5.03. The topological polar surface area (TPSA) is 29.1 Å². The summed E-state index contributed by atoms with van der Waals surface area (Å²) >= 11 is 3.52. The van der Waals surface area contributed by atoms with Crippen molar-refractivity contribution < 1.29 is 4.79 Å². The Balaban J connectivity index is 2.09. The minimum absolute atomic E-state index is 0.0564. The maximum atomic E-state index is 12.4. The van der Waals surface area contributed by atoms with Crippen LogP contribution in [0.5, 0.6) is 0 Å². The summed E-state index contributed by atoms with van der Waals surface area (Å²) in [5, 5.41) is 3.24. The van der Waals surface area contributed by atoms with Crippen molar-refractivity contribution in [1.29, 1.82) is 0 Å². The molecule has 3 heteroatoms. The van der Waals surface area contributed by atoms with Gasteiger partial charge in [0.1, 0.15) is 0 Å². The highest BCUT2D eigenvalue weighted by Gasteiger charge is 2.25. The fraction of sp³-hybridized carbons (Fsp3) is 0.562. The van der Waals surface area contributed by atoms with E-state index < -0.39 is 0 Å². The highest BCUT2D eigenvalue weighted by atomic mass is 79.9. The van der Waals surface area contributed by atoms with Crippen LogP contribution in [0, 0.1) is 12.8 Å². The van der Waals surface area contributed by atoms with Crippen molar-refractivity contribution in [3.63, 3.8) is 0 Å². The molecule has 1 aliphatic rings. The molecule has 2 unspecified atom stereocenters. The summed E-state index contributed by atoms with van der Waals surface area (Å²) in [4.78, 5) is 12.4. The van der Waals surface area contributed by atoms with E-state index in [0.717, 1.165) is 28.4 Å². The molecule has 104 valence electrons. The van der Waals surface area contributed by atoms with Crippen molar-refractivity contribution >= 4 is 21.8 Å². The summed E-state index contributed by atoms with van der Waals surface area (Å²) in [5.41, 5.74) is 1.85. The zero-order valence-corrected chi connectivity index (χ0v) is 13.3. The zero-order chi connectivity index (χ0) is 13.8. The predicted octanol–water partition coefficient (Wildman–Crippen LogP) is 4.46. The molecule has 1 aromatic rings. The van der Waals surface area contributed by atoms with Crippen LogP contribution in [-0.2, 0) is 0 Å². The number of benzene rings is 1. The SMILES string of the molecule is CCC1CCCCC1NC(=O)c1cccc(C)c1Br. The van der Waals surface area contributed by atoms with Gasteiger partial charge < -0.3 is 5.32 Å². The molecule has 2 atom stereocenters. The lowest BCUT2D eigenvalue weighted by Crippen LogP contribution is -2.42. The van der Waals surface area contributed by atoms with E-state index in [1.807, 2.05) is 25.1 Å². The van der Waals surface area contributed by atoms with Gasteiger partial charge in [-0.05, 0) is 53.2 Å². The molecule has 0 spiro atoms. The van der Waals surface area contributed by atoms with Gasteiger partial charge in [0.25, 0.3) is 5.91 Å². The Bertz CT molecular complexity index is 458. The van der Waals surface area contributed by atoms with Crippen LogP contribution in [0.25, 0.3) is 0 Å². The Hall–Kier alpha value is -0.830. The van der Waals surface area contributed by atoms with Gasteiger partial charge in [-0.3, -0.25) is 4.79 Å². The lowest BCUT2D eigenvalue weighted by Gasteiger charge is -2.31. The highest BCUT2D eigenvalue weighted by Crippen LogP contribution is 2.28. The number of carbonyl (C=O) groups excluding carboxylic acids is 1. The van der Waals surface area contributed by atoms with Gasteiger partial charge in [-0.15, -0.1) is 0 Å². The average molecular weight is 324 g/mol. The van der Waals surface area contributed by atoms with Gasteiger partial charge in [0.2, 0.25) is 0 Å². The van der Waals surface area contributed by atoms with Crippen LogP contribution in [0.1, 0.15) is 54.9 Å². The molecule has 1 saturated carbocycles. The number of carbonyl (C=O) groups is 1. The standard InChI is InChI=1S/C16H22BrNO/c1-3-12-8-4-5-10-14(12)18-16(19)13-9-6-7-11(2)15(13)17/h6-7,9,12,14H,3-5,8,10H2,1-2H3,(H,18,19). The van der Waals surface area contributed by atoms with Gasteiger partial charge in [-0.25, -0.2) is 0 Å². The largest absolute Gasteiger partial charge is 0.349 e. The van der Waals surface area contributed by atoms with Gasteiger partial charge in [-0.1, -0.05) is 38.3 Å². The maximum absolute atomic E-state index is 12.4. The fourth-order valence-electron chi connectivity index (χ4n) is 2.96. The first kappa shape index (κ1) is 14.6. The number of amides is 1. The molecule has 1 amide bonds. The molecule has 0 aliphatic heterocycles. The summed E-state index contributed by atoms with van der Waals surface area (Å²) in [5.74, 6) is 0.696. The molecule has 19 heavy (non-hydrogen) atoms. The fourth-order valence-corrected chi connectivity index (χ4v) is 3.40. The normalized spacial score (nSPS) is 23.1. The van der Waals surface area contributed by atoms with Crippen molar-refractivity contribution in [1.82, 2.24) is 5.32 Å². The first-order chi connectivity index (χ1) is 9.13. The molecular formula is C16H22BrNO. The van der Waals surface area contributed by atoms with E-state index >= 15 is 0 Å². The minimum atomic E-state index is 0.0564. The maximum Gasteiger partial charge on any atom is 0.252 e. The quantitative estimate of drug-likeness (QED) is 0.874. The molecule has 1 fully saturated rings. The molecule has 0 aromatic heterocycles. The van der Waals surface area contributed by atoms with Crippen molar-refractivity contribution in [2.75, 3.05) is 0 Å². The van der Waals surface area contributed by atoms with E-state index in [2.05, 4.69) is 28.2 Å². The van der Waals surface area contributed by atoms with E-state index in [1.54, 1.807) is 0 Å². The van der Waals surface area contributed by atoms with Crippen molar-refractivity contribution in [3.05, 3.63) is 33.8 Å². The third kappa shape index (κ3) is 3.38. The lowest BCUT2D eigenvalue weighted by atomic mass is 9.83. The second-order valence-electron chi connectivity index (χ2n) is 5.47. The van der Waals surface area contributed by atoms with Crippen molar-refractivity contribution in [2.24, 2.45) is 5.92 Å². The van der Waals surface area contributed by atoms with Crippen LogP contribution in [0.4, 0.5) is 0 Å². The second-order valence-corrected chi connectivity index (χ2v) is 6.26.